The van der Waals surface area contributed by atoms with E-state index >= 15 is 0 Å². The summed E-state index contributed by atoms with van der Waals surface area (Å²) in [4.78, 5) is 12.2. The monoisotopic (exact) mass is 252 g/mol. The van der Waals surface area contributed by atoms with E-state index in [1.165, 1.54) is 0 Å². The van der Waals surface area contributed by atoms with Crippen LogP contribution in [0.15, 0.2) is 16.7 Å². The standard InChI is InChI=1S/C11H13ClN4O/c1-6-4-9(16-11(12)14-6)15-8(3)10-13-5-7(2)17-10/h4-5,8H,1-3H3,(H,14,15,16). The van der Waals surface area contributed by atoms with Crippen LogP contribution in [0.25, 0.3) is 0 Å². The molecule has 0 bridgehead atoms. The van der Waals surface area contributed by atoms with E-state index in [4.69, 9.17) is 16.0 Å². The Labute approximate surface area is 104 Å². The molecule has 90 valence electrons. The van der Waals surface area contributed by atoms with Gasteiger partial charge < -0.3 is 9.73 Å². The number of nitrogens with one attached hydrogen (secondary N) is 1. The van der Waals surface area contributed by atoms with E-state index in [1.54, 1.807) is 6.20 Å². The van der Waals surface area contributed by atoms with E-state index in [-0.39, 0.29) is 11.3 Å². The van der Waals surface area contributed by atoms with Crippen molar-refractivity contribution >= 4 is 17.4 Å². The van der Waals surface area contributed by atoms with Gasteiger partial charge in [0.2, 0.25) is 11.2 Å². The quantitative estimate of drug-likeness (QED) is 0.851. The van der Waals surface area contributed by atoms with Crippen LogP contribution in [0.4, 0.5) is 5.82 Å². The smallest absolute Gasteiger partial charge is 0.224 e. The van der Waals surface area contributed by atoms with Gasteiger partial charge in [-0.3, -0.25) is 0 Å². The molecule has 1 N–H and O–H groups in total. The number of rotatable bonds is 3. The first kappa shape index (κ1) is 11.9. The number of oxazole rings is 1. The number of hydrogen-bond acceptors (Lipinski definition) is 5. The molecular weight excluding hydrogens is 240 g/mol. The van der Waals surface area contributed by atoms with Crippen molar-refractivity contribution in [1.29, 1.82) is 0 Å². The molecule has 1 unspecified atom stereocenters. The Morgan fingerprint density at radius 1 is 1.35 bits per heavy atom. The highest BCUT2D eigenvalue weighted by molar-refractivity contribution is 6.28. The summed E-state index contributed by atoms with van der Waals surface area (Å²) < 4.78 is 5.43. The summed E-state index contributed by atoms with van der Waals surface area (Å²) in [5.41, 5.74) is 0.809. The van der Waals surface area contributed by atoms with Gasteiger partial charge in [-0.1, -0.05) is 0 Å². The Morgan fingerprint density at radius 2 is 2.12 bits per heavy atom. The largest absolute Gasteiger partial charge is 0.444 e. The summed E-state index contributed by atoms with van der Waals surface area (Å²) in [6, 6.07) is 1.74. The highest BCUT2D eigenvalue weighted by Gasteiger charge is 2.12. The average Bonchev–Trinajstić information content (AvgIpc) is 2.63. The maximum atomic E-state index is 5.78. The number of nitrogens with zero attached hydrogens (tertiary/aromatic N) is 3. The van der Waals surface area contributed by atoms with Crippen LogP contribution in [-0.4, -0.2) is 15.0 Å². The van der Waals surface area contributed by atoms with Crippen LogP contribution in [-0.2, 0) is 0 Å². The lowest BCUT2D eigenvalue weighted by Gasteiger charge is -2.11. The Kier molecular flexibility index (Phi) is 3.28. The third-order valence-electron chi connectivity index (χ3n) is 2.20. The highest BCUT2D eigenvalue weighted by atomic mass is 35.5. The molecule has 0 aliphatic heterocycles. The number of halogens is 1. The van der Waals surface area contributed by atoms with E-state index in [0.717, 1.165) is 11.5 Å². The third-order valence-corrected chi connectivity index (χ3v) is 2.37. The average molecular weight is 253 g/mol. The summed E-state index contributed by atoms with van der Waals surface area (Å²) in [7, 11) is 0. The van der Waals surface area contributed by atoms with Gasteiger partial charge in [0.25, 0.3) is 0 Å². The van der Waals surface area contributed by atoms with Crippen LogP contribution in [0.1, 0.15) is 30.3 Å². The predicted molar refractivity (Wildman–Crippen MR) is 65.1 cm³/mol. The summed E-state index contributed by atoms with van der Waals surface area (Å²) in [5.74, 6) is 2.06. The van der Waals surface area contributed by atoms with E-state index in [0.29, 0.717) is 11.7 Å². The molecule has 2 aromatic rings. The first-order valence-electron chi connectivity index (χ1n) is 5.24. The van der Waals surface area contributed by atoms with Gasteiger partial charge >= 0.3 is 0 Å². The lowest BCUT2D eigenvalue weighted by Crippen LogP contribution is -2.09. The van der Waals surface area contributed by atoms with Gasteiger partial charge in [-0.05, 0) is 32.4 Å². The summed E-state index contributed by atoms with van der Waals surface area (Å²) in [6.45, 7) is 5.66. The second-order valence-electron chi connectivity index (χ2n) is 3.84. The van der Waals surface area contributed by atoms with Crippen molar-refractivity contribution in [3.05, 3.63) is 34.9 Å². The van der Waals surface area contributed by atoms with Crippen LogP contribution >= 0.6 is 11.6 Å². The zero-order chi connectivity index (χ0) is 12.4. The number of hydrogen-bond donors (Lipinski definition) is 1. The first-order valence-corrected chi connectivity index (χ1v) is 5.62. The van der Waals surface area contributed by atoms with Crippen LogP contribution in [0.3, 0.4) is 0 Å². The maximum absolute atomic E-state index is 5.78. The van der Waals surface area contributed by atoms with E-state index in [1.807, 2.05) is 26.8 Å². The summed E-state index contributed by atoms with van der Waals surface area (Å²) in [6.07, 6.45) is 1.69. The molecule has 1 atom stereocenters. The fourth-order valence-electron chi connectivity index (χ4n) is 1.46. The van der Waals surface area contributed by atoms with E-state index in [9.17, 15) is 0 Å². The minimum Gasteiger partial charge on any atom is -0.444 e. The third kappa shape index (κ3) is 2.94. The van der Waals surface area contributed by atoms with Crippen molar-refractivity contribution in [3.63, 3.8) is 0 Å². The maximum Gasteiger partial charge on any atom is 0.224 e. The number of aryl methyl sites for hydroxylation is 2. The van der Waals surface area contributed by atoms with Crippen molar-refractivity contribution in [2.24, 2.45) is 0 Å². The minimum absolute atomic E-state index is 0.0749. The Hall–Kier alpha value is -1.62. The van der Waals surface area contributed by atoms with Crippen molar-refractivity contribution < 1.29 is 4.42 Å². The molecule has 0 saturated heterocycles. The Bertz CT molecular complexity index is 506. The van der Waals surface area contributed by atoms with Crippen LogP contribution < -0.4 is 5.32 Å². The molecule has 6 heteroatoms. The second-order valence-corrected chi connectivity index (χ2v) is 4.18. The van der Waals surface area contributed by atoms with E-state index < -0.39 is 0 Å². The van der Waals surface area contributed by atoms with Crippen molar-refractivity contribution in [2.45, 2.75) is 26.8 Å². The second kappa shape index (κ2) is 4.71. The van der Waals surface area contributed by atoms with Gasteiger partial charge in [0.15, 0.2) is 0 Å². The number of anilines is 1. The molecule has 0 spiro atoms. The Balaban J connectivity index is 2.15. The molecule has 0 fully saturated rings. The number of aromatic nitrogens is 3. The minimum atomic E-state index is -0.0749. The highest BCUT2D eigenvalue weighted by Crippen LogP contribution is 2.18. The van der Waals surface area contributed by atoms with Crippen LogP contribution in [0, 0.1) is 13.8 Å². The van der Waals surface area contributed by atoms with Gasteiger partial charge in [0.05, 0.1) is 6.20 Å². The SMILES string of the molecule is Cc1cc(NC(C)c2ncc(C)o2)nc(Cl)n1. The lowest BCUT2D eigenvalue weighted by molar-refractivity contribution is 0.453. The first-order chi connectivity index (χ1) is 8.04. The van der Waals surface area contributed by atoms with Crippen molar-refractivity contribution in [1.82, 2.24) is 15.0 Å². The molecule has 0 aromatic carbocycles. The van der Waals surface area contributed by atoms with Gasteiger partial charge in [0, 0.05) is 11.8 Å². The molecule has 0 aliphatic rings. The molecule has 0 aliphatic carbocycles. The zero-order valence-corrected chi connectivity index (χ0v) is 10.6. The molecule has 2 aromatic heterocycles. The van der Waals surface area contributed by atoms with Crippen molar-refractivity contribution in [2.75, 3.05) is 5.32 Å². The van der Waals surface area contributed by atoms with Crippen LogP contribution in [0.2, 0.25) is 5.28 Å². The molecule has 5 nitrogen and oxygen atoms in total. The van der Waals surface area contributed by atoms with Crippen LogP contribution in [0.5, 0.6) is 0 Å². The molecule has 0 radical (unpaired) electrons. The molecular formula is C11H13ClN4O. The Morgan fingerprint density at radius 3 is 2.71 bits per heavy atom. The molecule has 2 rings (SSSR count). The molecule has 0 amide bonds. The topological polar surface area (TPSA) is 63.8 Å². The van der Waals surface area contributed by atoms with Gasteiger partial charge in [-0.25, -0.2) is 15.0 Å². The normalized spacial score (nSPS) is 12.5. The molecule has 2 heterocycles. The van der Waals surface area contributed by atoms with Gasteiger partial charge in [0.1, 0.15) is 17.6 Å². The fourth-order valence-corrected chi connectivity index (χ4v) is 1.69. The van der Waals surface area contributed by atoms with E-state index in [2.05, 4.69) is 20.3 Å². The summed E-state index contributed by atoms with van der Waals surface area (Å²) >= 11 is 5.78. The molecule has 0 saturated carbocycles. The molecule has 17 heavy (non-hydrogen) atoms. The van der Waals surface area contributed by atoms with Gasteiger partial charge in [-0.15, -0.1) is 0 Å². The summed E-state index contributed by atoms with van der Waals surface area (Å²) in [5, 5.41) is 3.39. The zero-order valence-electron chi connectivity index (χ0n) is 9.86. The predicted octanol–water partition coefficient (Wildman–Crippen LogP) is 2.91. The fraction of sp³-hybridized carbons (Fsp3) is 0.364. The lowest BCUT2D eigenvalue weighted by atomic mass is 10.3. The van der Waals surface area contributed by atoms with Gasteiger partial charge in [-0.2, -0.15) is 0 Å². The van der Waals surface area contributed by atoms with Crippen molar-refractivity contribution in [3.8, 4) is 0 Å².